The summed E-state index contributed by atoms with van der Waals surface area (Å²) in [5.41, 5.74) is 2.10. The van der Waals surface area contributed by atoms with Gasteiger partial charge in [-0.25, -0.2) is 0 Å². The minimum absolute atomic E-state index is 0.159. The highest BCUT2D eigenvalue weighted by Crippen LogP contribution is 2.37. The molecular weight excluding hydrogens is 540 g/mol. The van der Waals surface area contributed by atoms with E-state index in [4.69, 9.17) is 18.6 Å². The van der Waals surface area contributed by atoms with Crippen molar-refractivity contribution in [3.63, 3.8) is 0 Å². The molecule has 0 radical (unpaired) electrons. The number of hydrogen-bond acceptors (Lipinski definition) is 5. The van der Waals surface area contributed by atoms with Crippen LogP contribution < -0.4 is 10.4 Å². The van der Waals surface area contributed by atoms with Crippen molar-refractivity contribution in [3.8, 4) is 0 Å². The van der Waals surface area contributed by atoms with Gasteiger partial charge in [-0.1, -0.05) is 142 Å². The van der Waals surface area contributed by atoms with Crippen LogP contribution in [0.5, 0.6) is 0 Å². The number of benzene rings is 4. The highest BCUT2D eigenvalue weighted by molar-refractivity contribution is 6.99. The number of aliphatic hydroxyl groups is 1. The Labute approximate surface area is 251 Å². The lowest BCUT2D eigenvalue weighted by molar-refractivity contribution is -0.274. The molecule has 1 saturated heterocycles. The van der Waals surface area contributed by atoms with Gasteiger partial charge in [0.15, 0.2) is 6.29 Å². The van der Waals surface area contributed by atoms with Gasteiger partial charge in [0.05, 0.1) is 32.0 Å². The Morgan fingerprint density at radius 2 is 1.14 bits per heavy atom. The molecule has 5 rings (SSSR count). The first-order chi connectivity index (χ1) is 20.4. The van der Waals surface area contributed by atoms with Gasteiger partial charge in [-0.15, -0.1) is 0 Å². The maximum absolute atomic E-state index is 11.2. The number of ether oxygens (including phenoxy) is 3. The Morgan fingerprint density at radius 1 is 0.690 bits per heavy atom. The van der Waals surface area contributed by atoms with Crippen LogP contribution in [-0.2, 0) is 31.9 Å². The molecule has 4 aromatic rings. The van der Waals surface area contributed by atoms with Gasteiger partial charge in [0.25, 0.3) is 8.32 Å². The van der Waals surface area contributed by atoms with E-state index in [9.17, 15) is 5.11 Å². The third-order valence-electron chi connectivity index (χ3n) is 7.97. The summed E-state index contributed by atoms with van der Waals surface area (Å²) < 4.78 is 26.0. The lowest BCUT2D eigenvalue weighted by atomic mass is 10.0. The predicted octanol–water partition coefficient (Wildman–Crippen LogP) is 5.84. The van der Waals surface area contributed by atoms with Crippen LogP contribution in [0.25, 0.3) is 0 Å². The summed E-state index contributed by atoms with van der Waals surface area (Å²) in [5, 5.41) is 13.5. The molecule has 1 aliphatic heterocycles. The van der Waals surface area contributed by atoms with Crippen LogP contribution in [0.1, 0.15) is 38.3 Å². The molecule has 220 valence electrons. The molecule has 4 atom stereocenters. The third-order valence-corrected chi connectivity index (χ3v) is 13.0. The van der Waals surface area contributed by atoms with Crippen molar-refractivity contribution in [2.75, 3.05) is 6.61 Å². The standard InChI is InChI=1S/C36H42O5Si/c1-36(2,3)42(31-20-12-6-13-21-31,32-22-14-7-15-23-32)40-27-30-24-33(38-25-28-16-8-4-9-17-28)34(35(37)41-30)39-26-29-18-10-5-11-19-29/h4-23,30,33-35,37H,24-27H2,1-3H3/t30-,33-,34+,35-/m0/s1. The van der Waals surface area contributed by atoms with Gasteiger partial charge in [0.1, 0.15) is 6.10 Å². The predicted molar refractivity (Wildman–Crippen MR) is 169 cm³/mol. The molecule has 1 heterocycles. The van der Waals surface area contributed by atoms with E-state index in [0.29, 0.717) is 26.2 Å². The largest absolute Gasteiger partial charge is 0.405 e. The molecule has 6 heteroatoms. The molecule has 42 heavy (non-hydrogen) atoms. The van der Waals surface area contributed by atoms with Gasteiger partial charge in [0.2, 0.25) is 0 Å². The van der Waals surface area contributed by atoms with E-state index in [1.54, 1.807) is 0 Å². The van der Waals surface area contributed by atoms with Crippen LogP contribution in [0.2, 0.25) is 5.04 Å². The number of aliphatic hydroxyl groups excluding tert-OH is 1. The van der Waals surface area contributed by atoms with Gasteiger partial charge in [-0.05, 0) is 26.5 Å². The van der Waals surface area contributed by atoms with E-state index in [1.807, 2.05) is 72.8 Å². The summed E-state index contributed by atoms with van der Waals surface area (Å²) in [7, 11) is -2.76. The molecule has 1 fully saturated rings. The van der Waals surface area contributed by atoms with E-state index >= 15 is 0 Å². The molecule has 4 aromatic carbocycles. The Morgan fingerprint density at radius 3 is 1.62 bits per heavy atom. The molecule has 5 nitrogen and oxygen atoms in total. The average Bonchev–Trinajstić information content (AvgIpc) is 3.01. The Kier molecular flexibility index (Phi) is 10.1. The number of rotatable bonds is 11. The fourth-order valence-electron chi connectivity index (χ4n) is 5.89. The van der Waals surface area contributed by atoms with Crippen LogP contribution in [0, 0.1) is 0 Å². The molecule has 1 aliphatic rings. The zero-order valence-corrected chi connectivity index (χ0v) is 25.8. The second kappa shape index (κ2) is 13.9. The van der Waals surface area contributed by atoms with Crippen LogP contribution in [0.15, 0.2) is 121 Å². The number of hydrogen-bond donors (Lipinski definition) is 1. The highest BCUT2D eigenvalue weighted by Gasteiger charge is 2.51. The average molecular weight is 583 g/mol. The SMILES string of the molecule is CC(C)(C)[Si](OC[C@@H]1C[C@H](OCc2ccccc2)[C@@H](OCc2ccccc2)[C@@H](O)O1)(c1ccccc1)c1ccccc1. The first-order valence-corrected chi connectivity index (χ1v) is 16.7. The van der Waals surface area contributed by atoms with Gasteiger partial charge < -0.3 is 23.7 Å². The molecule has 0 aliphatic carbocycles. The summed E-state index contributed by atoms with van der Waals surface area (Å²) >= 11 is 0. The molecule has 0 unspecified atom stereocenters. The second-order valence-corrected chi connectivity index (χ2v) is 16.3. The normalized spacial score (nSPS) is 21.2. The molecule has 0 amide bonds. The van der Waals surface area contributed by atoms with E-state index < -0.39 is 20.7 Å². The molecule has 0 saturated carbocycles. The zero-order chi connectivity index (χ0) is 29.4. The second-order valence-electron chi connectivity index (χ2n) is 12.0. The maximum atomic E-state index is 11.2. The van der Waals surface area contributed by atoms with Crippen LogP contribution >= 0.6 is 0 Å². The summed E-state index contributed by atoms with van der Waals surface area (Å²) in [6.07, 6.45) is -1.96. The van der Waals surface area contributed by atoms with Crippen molar-refractivity contribution in [2.45, 2.75) is 70.0 Å². The van der Waals surface area contributed by atoms with Gasteiger partial charge >= 0.3 is 0 Å². The van der Waals surface area contributed by atoms with Gasteiger partial charge in [0, 0.05) is 6.42 Å². The van der Waals surface area contributed by atoms with Crippen LogP contribution in [0.4, 0.5) is 0 Å². The third kappa shape index (κ3) is 7.09. The van der Waals surface area contributed by atoms with Gasteiger partial charge in [-0.2, -0.15) is 0 Å². The molecular formula is C36H42O5Si. The molecule has 0 spiro atoms. The maximum Gasteiger partial charge on any atom is 0.261 e. The summed E-state index contributed by atoms with van der Waals surface area (Å²) in [4.78, 5) is 0. The van der Waals surface area contributed by atoms with Crippen molar-refractivity contribution < 1.29 is 23.7 Å². The monoisotopic (exact) mass is 582 g/mol. The van der Waals surface area contributed by atoms with Crippen molar-refractivity contribution in [2.24, 2.45) is 0 Å². The summed E-state index contributed by atoms with van der Waals surface area (Å²) in [6.45, 7) is 7.89. The van der Waals surface area contributed by atoms with Crippen molar-refractivity contribution in [1.29, 1.82) is 0 Å². The Hall–Kier alpha value is -3.10. The quantitative estimate of drug-likeness (QED) is 0.225. The fourth-order valence-corrected chi connectivity index (χ4v) is 10.5. The van der Waals surface area contributed by atoms with Gasteiger partial charge in [-0.3, -0.25) is 0 Å². The lowest BCUT2D eigenvalue weighted by Gasteiger charge is -2.45. The van der Waals surface area contributed by atoms with Crippen LogP contribution in [0.3, 0.4) is 0 Å². The molecule has 0 aromatic heterocycles. The minimum Gasteiger partial charge on any atom is -0.405 e. The summed E-state index contributed by atoms with van der Waals surface area (Å²) in [5.74, 6) is 0. The van der Waals surface area contributed by atoms with E-state index in [0.717, 1.165) is 11.1 Å². The lowest BCUT2D eigenvalue weighted by Crippen LogP contribution is -2.67. The first kappa shape index (κ1) is 30.4. The topological polar surface area (TPSA) is 57.2 Å². The Balaban J connectivity index is 1.38. The van der Waals surface area contributed by atoms with Crippen LogP contribution in [-0.4, -0.2) is 44.6 Å². The minimum atomic E-state index is -2.76. The molecule has 0 bridgehead atoms. The van der Waals surface area contributed by atoms with E-state index in [2.05, 4.69) is 69.3 Å². The Bertz CT molecular complexity index is 1310. The zero-order valence-electron chi connectivity index (χ0n) is 24.8. The van der Waals surface area contributed by atoms with E-state index in [-0.39, 0.29) is 17.2 Å². The van der Waals surface area contributed by atoms with E-state index in [1.165, 1.54) is 10.4 Å². The highest BCUT2D eigenvalue weighted by atomic mass is 28.4. The molecule has 1 N–H and O–H groups in total. The van der Waals surface area contributed by atoms with Crippen molar-refractivity contribution >= 4 is 18.7 Å². The van der Waals surface area contributed by atoms with Crippen molar-refractivity contribution in [3.05, 3.63) is 132 Å². The fraction of sp³-hybridized carbons (Fsp3) is 0.333. The first-order valence-electron chi connectivity index (χ1n) is 14.8. The van der Waals surface area contributed by atoms with Crippen molar-refractivity contribution in [1.82, 2.24) is 0 Å². The smallest absolute Gasteiger partial charge is 0.261 e. The summed E-state index contributed by atoms with van der Waals surface area (Å²) in [6, 6.07) is 41.2.